The van der Waals surface area contributed by atoms with E-state index in [0.29, 0.717) is 43.6 Å². The second kappa shape index (κ2) is 8.74. The van der Waals surface area contributed by atoms with E-state index in [1.807, 2.05) is 17.5 Å². The average molecular weight is 432 g/mol. The van der Waals surface area contributed by atoms with Gasteiger partial charge in [0.1, 0.15) is 30.2 Å². The van der Waals surface area contributed by atoms with E-state index in [0.717, 1.165) is 17.0 Å². The zero-order valence-electron chi connectivity index (χ0n) is 15.8. The Morgan fingerprint density at radius 2 is 2.03 bits per heavy atom. The molecule has 1 aromatic carbocycles. The second-order valence-electron chi connectivity index (χ2n) is 6.92. The van der Waals surface area contributed by atoms with E-state index < -0.39 is 17.5 Å². The molecule has 0 saturated carbocycles. The van der Waals surface area contributed by atoms with Crippen LogP contribution >= 0.6 is 11.3 Å². The Labute approximate surface area is 175 Å². The fraction of sp³-hybridized carbons (Fsp3) is 0.286. The van der Waals surface area contributed by atoms with E-state index in [9.17, 15) is 18.4 Å². The topological polar surface area (TPSA) is 72.6 Å². The van der Waals surface area contributed by atoms with Crippen molar-refractivity contribution < 1.29 is 27.5 Å². The lowest BCUT2D eigenvalue weighted by Crippen LogP contribution is -2.41. The molecule has 0 N–H and O–H groups in total. The molecule has 0 atom stereocenters. The van der Waals surface area contributed by atoms with Crippen molar-refractivity contribution in [1.82, 2.24) is 9.88 Å². The minimum absolute atomic E-state index is 0.00758. The Morgan fingerprint density at radius 3 is 2.73 bits per heavy atom. The summed E-state index contributed by atoms with van der Waals surface area (Å²) in [4.78, 5) is 31.5. The molecule has 1 saturated heterocycles. The molecule has 1 fully saturated rings. The van der Waals surface area contributed by atoms with Crippen LogP contribution in [0, 0.1) is 17.6 Å². The van der Waals surface area contributed by atoms with Crippen molar-refractivity contribution in [2.24, 2.45) is 5.92 Å². The maximum Gasteiger partial charge on any atom is 0.309 e. The number of carbonyl (C=O) groups excluding carboxylic acids is 2. The first-order chi connectivity index (χ1) is 14.5. The van der Waals surface area contributed by atoms with Crippen LogP contribution in [-0.2, 0) is 16.1 Å². The van der Waals surface area contributed by atoms with Crippen LogP contribution in [0.5, 0.6) is 0 Å². The maximum atomic E-state index is 13.8. The van der Waals surface area contributed by atoms with Crippen LogP contribution in [0.3, 0.4) is 0 Å². The van der Waals surface area contributed by atoms with Gasteiger partial charge in [0.15, 0.2) is 0 Å². The van der Waals surface area contributed by atoms with Gasteiger partial charge in [-0.05, 0) is 36.4 Å². The van der Waals surface area contributed by atoms with E-state index in [2.05, 4.69) is 4.98 Å². The van der Waals surface area contributed by atoms with Crippen molar-refractivity contribution >= 4 is 23.2 Å². The highest BCUT2D eigenvalue weighted by molar-refractivity contribution is 7.13. The predicted molar refractivity (Wildman–Crippen MR) is 105 cm³/mol. The van der Waals surface area contributed by atoms with Gasteiger partial charge in [0.2, 0.25) is 5.89 Å². The fourth-order valence-corrected chi connectivity index (χ4v) is 3.96. The molecule has 0 unspecified atom stereocenters. The number of nitrogens with zero attached hydrogens (tertiary/aromatic N) is 2. The van der Waals surface area contributed by atoms with E-state index in [1.165, 1.54) is 22.5 Å². The van der Waals surface area contributed by atoms with Gasteiger partial charge in [-0.3, -0.25) is 9.59 Å². The Hall–Kier alpha value is -3.07. The fourth-order valence-electron chi connectivity index (χ4n) is 3.30. The van der Waals surface area contributed by atoms with Crippen molar-refractivity contribution in [2.75, 3.05) is 13.1 Å². The van der Waals surface area contributed by atoms with Gasteiger partial charge in [-0.25, -0.2) is 13.8 Å². The molecule has 1 amide bonds. The van der Waals surface area contributed by atoms with Crippen LogP contribution in [0.25, 0.3) is 10.8 Å². The Kier molecular flexibility index (Phi) is 5.89. The third kappa shape index (κ3) is 4.40. The molecule has 6 nitrogen and oxygen atoms in total. The van der Waals surface area contributed by atoms with Crippen molar-refractivity contribution in [3.8, 4) is 10.8 Å². The van der Waals surface area contributed by atoms with Gasteiger partial charge in [-0.2, -0.15) is 0 Å². The highest BCUT2D eigenvalue weighted by Gasteiger charge is 2.30. The summed E-state index contributed by atoms with van der Waals surface area (Å²) in [6.07, 6.45) is 2.28. The molecular formula is C21H18F2N2O4S. The molecule has 0 bridgehead atoms. The number of piperidine rings is 1. The first kappa shape index (κ1) is 20.2. The van der Waals surface area contributed by atoms with Gasteiger partial charge in [0.25, 0.3) is 5.91 Å². The standard InChI is InChI=1S/C21H18F2N2O4S/c22-14-3-4-16(17(23)10-14)20(26)25-7-5-13(6-8-25)21(27)29-12-15-11-28-19(24-15)18-2-1-9-30-18/h1-4,9-11,13H,5-8,12H2. The first-order valence-electron chi connectivity index (χ1n) is 9.40. The number of ether oxygens (including phenoxy) is 1. The maximum absolute atomic E-state index is 13.8. The smallest absolute Gasteiger partial charge is 0.309 e. The van der Waals surface area contributed by atoms with Gasteiger partial charge in [-0.1, -0.05) is 6.07 Å². The molecule has 156 valence electrons. The van der Waals surface area contributed by atoms with Crippen LogP contribution in [0.4, 0.5) is 8.78 Å². The number of carbonyl (C=O) groups is 2. The van der Waals surface area contributed by atoms with E-state index >= 15 is 0 Å². The summed E-state index contributed by atoms with van der Waals surface area (Å²) < 4.78 is 37.6. The van der Waals surface area contributed by atoms with E-state index in [-0.39, 0.29) is 24.1 Å². The lowest BCUT2D eigenvalue weighted by Gasteiger charge is -2.31. The molecule has 0 spiro atoms. The number of rotatable bonds is 5. The molecule has 0 radical (unpaired) electrons. The van der Waals surface area contributed by atoms with Crippen molar-refractivity contribution in [3.63, 3.8) is 0 Å². The number of likely N-dealkylation sites (tertiary alicyclic amines) is 1. The summed E-state index contributed by atoms with van der Waals surface area (Å²) in [6, 6.07) is 6.65. The number of hydrogen-bond donors (Lipinski definition) is 0. The number of esters is 1. The van der Waals surface area contributed by atoms with Crippen molar-refractivity contribution in [1.29, 1.82) is 0 Å². The molecule has 0 aliphatic carbocycles. The largest absolute Gasteiger partial charge is 0.459 e. The number of aromatic nitrogens is 1. The molecular weight excluding hydrogens is 414 g/mol. The normalized spacial score (nSPS) is 14.7. The van der Waals surface area contributed by atoms with Crippen LogP contribution in [-0.4, -0.2) is 34.8 Å². The molecule has 4 rings (SSSR count). The SMILES string of the molecule is O=C(OCc1coc(-c2cccs2)n1)C1CCN(C(=O)c2ccc(F)cc2F)CC1. The van der Waals surface area contributed by atoms with Gasteiger partial charge in [-0.15, -0.1) is 11.3 Å². The zero-order valence-corrected chi connectivity index (χ0v) is 16.7. The monoisotopic (exact) mass is 432 g/mol. The lowest BCUT2D eigenvalue weighted by atomic mass is 9.96. The second-order valence-corrected chi connectivity index (χ2v) is 7.87. The highest BCUT2D eigenvalue weighted by Crippen LogP contribution is 2.25. The number of halogens is 2. The van der Waals surface area contributed by atoms with Crippen LogP contribution < -0.4 is 0 Å². The van der Waals surface area contributed by atoms with Crippen LogP contribution in [0.1, 0.15) is 28.9 Å². The van der Waals surface area contributed by atoms with Crippen LogP contribution in [0.15, 0.2) is 46.4 Å². The highest BCUT2D eigenvalue weighted by atomic mass is 32.1. The predicted octanol–water partition coefficient (Wildman–Crippen LogP) is 4.28. The lowest BCUT2D eigenvalue weighted by molar-refractivity contribution is -0.151. The molecule has 9 heteroatoms. The summed E-state index contributed by atoms with van der Waals surface area (Å²) in [5.74, 6) is -2.37. The van der Waals surface area contributed by atoms with Gasteiger partial charge < -0.3 is 14.1 Å². The molecule has 1 aliphatic heterocycles. The third-order valence-electron chi connectivity index (χ3n) is 4.92. The Bertz CT molecular complexity index is 1040. The third-order valence-corrected chi connectivity index (χ3v) is 5.78. The number of hydrogen-bond acceptors (Lipinski definition) is 6. The summed E-state index contributed by atoms with van der Waals surface area (Å²) in [5, 5.41) is 1.92. The zero-order chi connectivity index (χ0) is 21.1. The summed E-state index contributed by atoms with van der Waals surface area (Å²) >= 11 is 1.50. The molecule has 30 heavy (non-hydrogen) atoms. The van der Waals surface area contributed by atoms with E-state index in [1.54, 1.807) is 0 Å². The molecule has 2 aromatic heterocycles. The van der Waals surface area contributed by atoms with Gasteiger partial charge in [0.05, 0.1) is 16.4 Å². The number of benzene rings is 1. The molecule has 3 aromatic rings. The molecule has 3 heterocycles. The number of thiophene rings is 1. The first-order valence-corrected chi connectivity index (χ1v) is 10.3. The van der Waals surface area contributed by atoms with E-state index in [4.69, 9.17) is 9.15 Å². The molecule has 1 aliphatic rings. The average Bonchev–Trinajstić information content (AvgIpc) is 3.43. The number of amides is 1. The minimum atomic E-state index is -0.893. The van der Waals surface area contributed by atoms with Crippen molar-refractivity contribution in [3.05, 3.63) is 64.9 Å². The van der Waals surface area contributed by atoms with Gasteiger partial charge in [0, 0.05) is 19.2 Å². The van der Waals surface area contributed by atoms with Gasteiger partial charge >= 0.3 is 5.97 Å². The number of oxazole rings is 1. The summed E-state index contributed by atoms with van der Waals surface area (Å²) in [6.45, 7) is 0.595. The van der Waals surface area contributed by atoms with Crippen LogP contribution in [0.2, 0.25) is 0 Å². The Balaban J connectivity index is 1.27. The van der Waals surface area contributed by atoms with Crippen molar-refractivity contribution in [2.45, 2.75) is 19.4 Å². The minimum Gasteiger partial charge on any atom is -0.459 e. The summed E-state index contributed by atoms with van der Waals surface area (Å²) in [7, 11) is 0. The quantitative estimate of drug-likeness (QED) is 0.563. The summed E-state index contributed by atoms with van der Waals surface area (Å²) in [5.41, 5.74) is 0.344. The Morgan fingerprint density at radius 1 is 1.23 bits per heavy atom.